The van der Waals surface area contributed by atoms with Gasteiger partial charge >= 0.3 is 0 Å². The van der Waals surface area contributed by atoms with Gasteiger partial charge in [0.25, 0.3) is 0 Å². The molecule has 1 aromatic rings. The van der Waals surface area contributed by atoms with Gasteiger partial charge in [-0.2, -0.15) is 0 Å². The highest BCUT2D eigenvalue weighted by Gasteiger charge is 2.30. The van der Waals surface area contributed by atoms with Crippen LogP contribution in [0.15, 0.2) is 22.7 Å². The van der Waals surface area contributed by atoms with E-state index in [0.29, 0.717) is 12.8 Å². The average molecular weight is 348 g/mol. The molecule has 1 heterocycles. The molecule has 1 saturated heterocycles. The molecule has 2 rings (SSSR count). The maximum Gasteiger partial charge on any atom is 0.154 e. The molecule has 19 heavy (non-hydrogen) atoms. The number of sulfone groups is 1. The zero-order chi connectivity index (χ0) is 14.0. The second-order valence-corrected chi connectivity index (χ2v) is 8.14. The van der Waals surface area contributed by atoms with Crippen LogP contribution < -0.4 is 10.5 Å². The minimum atomic E-state index is -2.93. The fourth-order valence-corrected chi connectivity index (χ4v) is 4.30. The number of hydrogen-bond donors (Lipinski definition) is 1. The largest absolute Gasteiger partial charge is 0.488 e. The lowest BCUT2D eigenvalue weighted by Gasteiger charge is -2.18. The molecule has 2 N–H and O–H groups in total. The first-order valence-corrected chi connectivity index (χ1v) is 8.89. The molecule has 1 aliphatic heterocycles. The van der Waals surface area contributed by atoms with E-state index in [2.05, 4.69) is 15.9 Å². The topological polar surface area (TPSA) is 69.4 Å². The molecule has 1 fully saturated rings. The third kappa shape index (κ3) is 3.94. The first kappa shape index (κ1) is 14.8. The van der Waals surface area contributed by atoms with Gasteiger partial charge in [0.2, 0.25) is 0 Å². The first-order chi connectivity index (χ1) is 8.87. The summed E-state index contributed by atoms with van der Waals surface area (Å²) in [6.45, 7) is 1.94. The van der Waals surface area contributed by atoms with E-state index in [4.69, 9.17) is 10.5 Å². The number of benzene rings is 1. The van der Waals surface area contributed by atoms with E-state index in [-0.39, 0.29) is 23.7 Å². The van der Waals surface area contributed by atoms with Crippen molar-refractivity contribution < 1.29 is 13.2 Å². The van der Waals surface area contributed by atoms with Crippen molar-refractivity contribution in [3.05, 3.63) is 28.2 Å². The lowest BCUT2D eigenvalue weighted by Crippen LogP contribution is -2.21. The zero-order valence-corrected chi connectivity index (χ0v) is 13.2. The van der Waals surface area contributed by atoms with Crippen LogP contribution in [0.4, 0.5) is 0 Å². The summed E-state index contributed by atoms with van der Waals surface area (Å²) in [5, 5.41) is 0. The Morgan fingerprint density at radius 2 is 2.26 bits per heavy atom. The van der Waals surface area contributed by atoms with Crippen molar-refractivity contribution >= 4 is 25.8 Å². The van der Waals surface area contributed by atoms with E-state index in [9.17, 15) is 8.42 Å². The Morgan fingerprint density at radius 3 is 2.84 bits per heavy atom. The molecule has 0 aliphatic carbocycles. The highest BCUT2D eigenvalue weighted by molar-refractivity contribution is 9.10. The summed E-state index contributed by atoms with van der Waals surface area (Å²) < 4.78 is 29.7. The number of ether oxygens (including phenoxy) is 1. The highest BCUT2D eigenvalue weighted by Crippen LogP contribution is 2.32. The van der Waals surface area contributed by atoms with Crippen LogP contribution in [0.1, 0.15) is 18.9 Å². The van der Waals surface area contributed by atoms with E-state index in [1.165, 1.54) is 0 Å². The highest BCUT2D eigenvalue weighted by atomic mass is 79.9. The fraction of sp³-hybridized carbons (Fsp3) is 0.538. The molecule has 4 nitrogen and oxygen atoms in total. The molecule has 0 saturated carbocycles. The fourth-order valence-electron chi connectivity index (χ4n) is 2.21. The number of hydrogen-bond acceptors (Lipinski definition) is 4. The second-order valence-electron chi connectivity index (χ2n) is 5.05. The van der Waals surface area contributed by atoms with Gasteiger partial charge in [-0.3, -0.25) is 0 Å². The van der Waals surface area contributed by atoms with Gasteiger partial charge in [-0.25, -0.2) is 8.42 Å². The number of nitrogens with two attached hydrogens (primary N) is 1. The Hall–Kier alpha value is -0.590. The first-order valence-electron chi connectivity index (χ1n) is 6.27. The Morgan fingerprint density at radius 1 is 1.53 bits per heavy atom. The van der Waals surface area contributed by atoms with E-state index in [1.54, 1.807) is 0 Å². The van der Waals surface area contributed by atoms with E-state index in [0.717, 1.165) is 15.8 Å². The van der Waals surface area contributed by atoms with Gasteiger partial charge in [0.05, 0.1) is 16.0 Å². The van der Waals surface area contributed by atoms with E-state index in [1.807, 2.05) is 25.1 Å². The summed E-state index contributed by atoms with van der Waals surface area (Å²) in [4.78, 5) is 0. The van der Waals surface area contributed by atoms with Crippen LogP contribution in [-0.2, 0) is 16.3 Å². The minimum Gasteiger partial charge on any atom is -0.488 e. The number of para-hydroxylation sites is 1. The van der Waals surface area contributed by atoms with Crippen molar-refractivity contribution in [2.24, 2.45) is 5.73 Å². The molecule has 0 spiro atoms. The summed E-state index contributed by atoms with van der Waals surface area (Å²) >= 11 is 3.46. The summed E-state index contributed by atoms with van der Waals surface area (Å²) in [6.07, 6.45) is 1.01. The van der Waals surface area contributed by atoms with Crippen LogP contribution in [0.3, 0.4) is 0 Å². The molecule has 0 bridgehead atoms. The predicted molar refractivity (Wildman–Crippen MR) is 79.2 cm³/mol. The smallest absolute Gasteiger partial charge is 0.154 e. The number of halogens is 1. The van der Waals surface area contributed by atoms with Gasteiger partial charge < -0.3 is 10.5 Å². The monoisotopic (exact) mass is 347 g/mol. The maximum absolute atomic E-state index is 11.5. The molecule has 106 valence electrons. The van der Waals surface area contributed by atoms with Crippen molar-refractivity contribution in [1.82, 2.24) is 0 Å². The van der Waals surface area contributed by atoms with Crippen molar-refractivity contribution in [2.75, 3.05) is 11.5 Å². The molecule has 0 radical (unpaired) electrons. The van der Waals surface area contributed by atoms with Gasteiger partial charge in [-0.05, 0) is 47.3 Å². The Kier molecular flexibility index (Phi) is 4.53. The normalized spacial score (nSPS) is 23.2. The molecule has 0 aromatic heterocycles. The standard InChI is InChI=1S/C13H18BrNO3S/c1-9(15)7-10-3-2-4-12(14)13(10)18-11-5-6-19(16,17)8-11/h2-4,9,11H,5-8,15H2,1H3. The molecule has 1 aromatic carbocycles. The van der Waals surface area contributed by atoms with E-state index >= 15 is 0 Å². The molecule has 2 unspecified atom stereocenters. The third-order valence-electron chi connectivity index (χ3n) is 3.07. The molecule has 1 aliphatic rings. The third-order valence-corrected chi connectivity index (χ3v) is 5.43. The molecule has 0 amide bonds. The maximum atomic E-state index is 11.5. The second kappa shape index (κ2) is 5.81. The minimum absolute atomic E-state index is 0.0314. The van der Waals surface area contributed by atoms with Crippen molar-refractivity contribution in [1.29, 1.82) is 0 Å². The van der Waals surface area contributed by atoms with Gasteiger partial charge in [0, 0.05) is 6.04 Å². The van der Waals surface area contributed by atoms with Crippen LogP contribution in [0, 0.1) is 0 Å². The Bertz CT molecular complexity index is 557. The summed E-state index contributed by atoms with van der Waals surface area (Å²) in [6, 6.07) is 5.82. The van der Waals surface area contributed by atoms with Crippen molar-refractivity contribution in [3.63, 3.8) is 0 Å². The summed E-state index contributed by atoms with van der Waals surface area (Å²) in [5.41, 5.74) is 6.84. The number of rotatable bonds is 4. The SMILES string of the molecule is CC(N)Cc1cccc(Br)c1OC1CCS(=O)(=O)C1. The van der Waals surface area contributed by atoms with Crippen LogP contribution in [0.2, 0.25) is 0 Å². The lowest BCUT2D eigenvalue weighted by atomic mass is 10.1. The molecule has 6 heteroatoms. The van der Waals surface area contributed by atoms with Crippen LogP contribution >= 0.6 is 15.9 Å². The van der Waals surface area contributed by atoms with Crippen molar-refractivity contribution in [3.8, 4) is 5.75 Å². The summed E-state index contributed by atoms with van der Waals surface area (Å²) in [7, 11) is -2.93. The molecule has 2 atom stereocenters. The van der Waals surface area contributed by atoms with Crippen LogP contribution in [0.5, 0.6) is 5.75 Å². The lowest BCUT2D eigenvalue weighted by molar-refractivity contribution is 0.225. The van der Waals surface area contributed by atoms with Crippen LogP contribution in [-0.4, -0.2) is 32.1 Å². The zero-order valence-electron chi connectivity index (χ0n) is 10.8. The Labute approximate surface area is 122 Å². The Balaban J connectivity index is 2.19. The molecular weight excluding hydrogens is 330 g/mol. The van der Waals surface area contributed by atoms with Crippen molar-refractivity contribution in [2.45, 2.75) is 31.9 Å². The van der Waals surface area contributed by atoms with Gasteiger partial charge in [0.1, 0.15) is 11.9 Å². The molecular formula is C13H18BrNO3S. The van der Waals surface area contributed by atoms with Crippen LogP contribution in [0.25, 0.3) is 0 Å². The predicted octanol–water partition coefficient (Wildman–Crippen LogP) is 1.90. The van der Waals surface area contributed by atoms with Gasteiger partial charge in [-0.15, -0.1) is 0 Å². The van der Waals surface area contributed by atoms with Gasteiger partial charge in [-0.1, -0.05) is 12.1 Å². The average Bonchev–Trinajstić information content (AvgIpc) is 2.62. The van der Waals surface area contributed by atoms with E-state index < -0.39 is 9.84 Å². The quantitative estimate of drug-likeness (QED) is 0.902. The summed E-state index contributed by atoms with van der Waals surface area (Å²) in [5.74, 6) is 1.04. The van der Waals surface area contributed by atoms with Gasteiger partial charge in [0.15, 0.2) is 9.84 Å².